The van der Waals surface area contributed by atoms with Crippen molar-refractivity contribution in [3.05, 3.63) is 50.4 Å². The Balaban J connectivity index is 2.40. The van der Waals surface area contributed by atoms with Gasteiger partial charge in [0.1, 0.15) is 0 Å². The summed E-state index contributed by atoms with van der Waals surface area (Å²) in [5.41, 5.74) is 0.570. The molecule has 17 heavy (non-hydrogen) atoms. The third-order valence-electron chi connectivity index (χ3n) is 3.09. The Morgan fingerprint density at radius 3 is 2.71 bits per heavy atom. The summed E-state index contributed by atoms with van der Waals surface area (Å²) in [5.74, 6) is 0.355. The summed E-state index contributed by atoms with van der Waals surface area (Å²) < 4.78 is 0. The van der Waals surface area contributed by atoms with Gasteiger partial charge in [0.15, 0.2) is 0 Å². The van der Waals surface area contributed by atoms with Crippen molar-refractivity contribution in [2.24, 2.45) is 0 Å². The summed E-state index contributed by atoms with van der Waals surface area (Å²) in [6.45, 7) is 0. The molecule has 86 valence electrons. The van der Waals surface area contributed by atoms with Gasteiger partial charge in [0.2, 0.25) is 5.56 Å². The number of hydrogen-bond acceptors (Lipinski definition) is 3. The SMILES string of the molecule is O=c1cc2c([N+](=O)[O-])cccc2c(C2CC2)[nH]1. The fourth-order valence-corrected chi connectivity index (χ4v) is 2.16. The van der Waals surface area contributed by atoms with E-state index in [2.05, 4.69) is 4.98 Å². The lowest BCUT2D eigenvalue weighted by Gasteiger charge is -2.04. The molecule has 1 heterocycles. The van der Waals surface area contributed by atoms with E-state index in [4.69, 9.17) is 0 Å². The van der Waals surface area contributed by atoms with Gasteiger partial charge in [-0.3, -0.25) is 14.9 Å². The van der Waals surface area contributed by atoms with E-state index < -0.39 is 4.92 Å². The number of pyridine rings is 1. The van der Waals surface area contributed by atoms with Crippen molar-refractivity contribution >= 4 is 16.5 Å². The zero-order valence-corrected chi connectivity index (χ0v) is 8.97. The lowest BCUT2D eigenvalue weighted by atomic mass is 10.1. The van der Waals surface area contributed by atoms with Crippen molar-refractivity contribution in [2.75, 3.05) is 0 Å². The topological polar surface area (TPSA) is 76.0 Å². The molecule has 0 radical (unpaired) electrons. The molecule has 5 nitrogen and oxygen atoms in total. The number of fused-ring (bicyclic) bond motifs is 1. The molecule has 0 aliphatic heterocycles. The first-order valence-electron chi connectivity index (χ1n) is 5.47. The maximum absolute atomic E-state index is 11.5. The van der Waals surface area contributed by atoms with Crippen LogP contribution in [0.5, 0.6) is 0 Å². The third kappa shape index (κ3) is 1.60. The van der Waals surface area contributed by atoms with E-state index in [1.54, 1.807) is 6.07 Å². The second kappa shape index (κ2) is 3.41. The first kappa shape index (κ1) is 10.0. The van der Waals surface area contributed by atoms with E-state index in [0.29, 0.717) is 11.3 Å². The molecule has 1 N–H and O–H groups in total. The minimum Gasteiger partial charge on any atom is -0.325 e. The molecule has 0 unspecified atom stereocenters. The highest BCUT2D eigenvalue weighted by atomic mass is 16.6. The third-order valence-corrected chi connectivity index (χ3v) is 3.09. The normalized spacial score (nSPS) is 15.1. The Labute approximate surface area is 96.2 Å². The Kier molecular flexibility index (Phi) is 2.01. The molecule has 1 saturated carbocycles. The van der Waals surface area contributed by atoms with Gasteiger partial charge < -0.3 is 4.98 Å². The predicted molar refractivity (Wildman–Crippen MR) is 63.2 cm³/mol. The average Bonchev–Trinajstić information content (AvgIpc) is 3.10. The Morgan fingerprint density at radius 1 is 1.29 bits per heavy atom. The second-order valence-electron chi connectivity index (χ2n) is 4.32. The molecule has 0 amide bonds. The number of H-pyrrole nitrogens is 1. The summed E-state index contributed by atoms with van der Waals surface area (Å²) in [6.07, 6.45) is 2.08. The van der Waals surface area contributed by atoms with Crippen LogP contribution in [0.4, 0.5) is 5.69 Å². The van der Waals surface area contributed by atoms with Gasteiger partial charge in [-0.05, 0) is 18.8 Å². The van der Waals surface area contributed by atoms with Gasteiger partial charge in [-0.2, -0.15) is 0 Å². The predicted octanol–water partition coefficient (Wildman–Crippen LogP) is 2.31. The molecule has 0 saturated heterocycles. The number of nitro groups is 1. The van der Waals surface area contributed by atoms with Gasteiger partial charge in [0, 0.05) is 23.2 Å². The molecule has 1 aromatic heterocycles. The fraction of sp³-hybridized carbons (Fsp3) is 0.250. The molecule has 5 heteroatoms. The van der Waals surface area contributed by atoms with Crippen LogP contribution in [0.1, 0.15) is 24.5 Å². The van der Waals surface area contributed by atoms with Crippen molar-refractivity contribution in [2.45, 2.75) is 18.8 Å². The summed E-state index contributed by atoms with van der Waals surface area (Å²) in [4.78, 5) is 24.8. The zero-order chi connectivity index (χ0) is 12.0. The number of nitro benzene ring substituents is 1. The molecule has 1 aromatic carbocycles. The number of nitrogens with one attached hydrogen (secondary N) is 1. The smallest absolute Gasteiger partial charge is 0.277 e. The van der Waals surface area contributed by atoms with E-state index in [0.717, 1.165) is 23.9 Å². The van der Waals surface area contributed by atoms with Gasteiger partial charge >= 0.3 is 0 Å². The van der Waals surface area contributed by atoms with Crippen LogP contribution in [-0.2, 0) is 0 Å². The van der Waals surface area contributed by atoms with Crippen molar-refractivity contribution < 1.29 is 4.92 Å². The van der Waals surface area contributed by atoms with Gasteiger partial charge in [-0.25, -0.2) is 0 Å². The van der Waals surface area contributed by atoms with Crippen LogP contribution >= 0.6 is 0 Å². The molecule has 0 atom stereocenters. The lowest BCUT2D eigenvalue weighted by Crippen LogP contribution is -2.08. The molecule has 2 aromatic rings. The summed E-state index contributed by atoms with van der Waals surface area (Å²) in [6, 6.07) is 6.22. The van der Waals surface area contributed by atoms with Crippen LogP contribution in [0.25, 0.3) is 10.8 Å². The Hall–Kier alpha value is -2.17. The summed E-state index contributed by atoms with van der Waals surface area (Å²) >= 11 is 0. The minimum atomic E-state index is -0.446. The molecule has 1 aliphatic carbocycles. The number of rotatable bonds is 2. The molecule has 0 bridgehead atoms. The second-order valence-corrected chi connectivity index (χ2v) is 4.32. The van der Waals surface area contributed by atoms with Crippen LogP contribution in [0.15, 0.2) is 29.1 Å². The van der Waals surface area contributed by atoms with Crippen LogP contribution in [0.3, 0.4) is 0 Å². The lowest BCUT2D eigenvalue weighted by molar-refractivity contribution is -0.383. The van der Waals surface area contributed by atoms with Crippen LogP contribution in [0.2, 0.25) is 0 Å². The van der Waals surface area contributed by atoms with E-state index in [1.165, 1.54) is 12.1 Å². The Bertz CT molecular complexity index is 671. The number of aromatic amines is 1. The molecular weight excluding hydrogens is 220 g/mol. The van der Waals surface area contributed by atoms with E-state index >= 15 is 0 Å². The largest absolute Gasteiger partial charge is 0.325 e. The van der Waals surface area contributed by atoms with Crippen molar-refractivity contribution in [3.63, 3.8) is 0 Å². The number of hydrogen-bond donors (Lipinski definition) is 1. The fourth-order valence-electron chi connectivity index (χ4n) is 2.16. The van der Waals surface area contributed by atoms with Crippen LogP contribution in [-0.4, -0.2) is 9.91 Å². The molecule has 3 rings (SSSR count). The first-order chi connectivity index (χ1) is 8.16. The minimum absolute atomic E-state index is 0.00417. The van der Waals surface area contributed by atoms with Gasteiger partial charge in [-0.15, -0.1) is 0 Å². The van der Waals surface area contributed by atoms with E-state index in [9.17, 15) is 14.9 Å². The highest BCUT2D eigenvalue weighted by Gasteiger charge is 2.27. The van der Waals surface area contributed by atoms with Gasteiger partial charge in [0.25, 0.3) is 5.69 Å². The zero-order valence-electron chi connectivity index (χ0n) is 8.97. The average molecular weight is 230 g/mol. The molecule has 0 spiro atoms. The molecular formula is C12H10N2O3. The van der Waals surface area contributed by atoms with Crippen LogP contribution in [0, 0.1) is 10.1 Å². The van der Waals surface area contributed by atoms with Crippen LogP contribution < -0.4 is 5.56 Å². The standard InChI is InChI=1S/C12H10N2O3/c15-11-6-9-8(12(13-11)7-4-5-7)2-1-3-10(9)14(16)17/h1-3,6-7H,4-5H2,(H,13,15). The summed E-state index contributed by atoms with van der Waals surface area (Å²) in [5, 5.41) is 12.1. The number of nitrogens with zero attached hydrogens (tertiary/aromatic N) is 1. The number of non-ortho nitro benzene ring substituents is 1. The Morgan fingerprint density at radius 2 is 2.06 bits per heavy atom. The summed E-state index contributed by atoms with van der Waals surface area (Å²) in [7, 11) is 0. The quantitative estimate of drug-likeness (QED) is 0.635. The van der Waals surface area contributed by atoms with Crippen molar-refractivity contribution in [1.29, 1.82) is 0 Å². The van der Waals surface area contributed by atoms with Gasteiger partial charge in [-0.1, -0.05) is 12.1 Å². The van der Waals surface area contributed by atoms with Crippen molar-refractivity contribution in [1.82, 2.24) is 4.98 Å². The monoisotopic (exact) mass is 230 g/mol. The highest BCUT2D eigenvalue weighted by molar-refractivity contribution is 5.92. The maximum Gasteiger partial charge on any atom is 0.277 e. The van der Waals surface area contributed by atoms with Gasteiger partial charge in [0.05, 0.1) is 10.3 Å². The molecule has 1 fully saturated rings. The van der Waals surface area contributed by atoms with E-state index in [1.807, 2.05) is 6.07 Å². The first-order valence-corrected chi connectivity index (χ1v) is 5.47. The highest BCUT2D eigenvalue weighted by Crippen LogP contribution is 2.42. The number of benzene rings is 1. The number of aromatic nitrogens is 1. The van der Waals surface area contributed by atoms with Crippen molar-refractivity contribution in [3.8, 4) is 0 Å². The maximum atomic E-state index is 11.5. The molecule has 1 aliphatic rings. The van der Waals surface area contributed by atoms with E-state index in [-0.39, 0.29) is 11.2 Å².